The smallest absolute Gasteiger partial charge is 0.139 e. The third kappa shape index (κ3) is 2.17. The van der Waals surface area contributed by atoms with Gasteiger partial charge >= 0.3 is 0 Å². The maximum absolute atomic E-state index is 5.48. The SMILES string of the molecule is Nc1cc(NCc2cccnn2)sn1. The van der Waals surface area contributed by atoms with E-state index in [1.54, 1.807) is 12.3 Å². The van der Waals surface area contributed by atoms with Crippen LogP contribution in [0.4, 0.5) is 10.8 Å². The lowest BCUT2D eigenvalue weighted by atomic mass is 10.4. The zero-order chi connectivity index (χ0) is 9.80. The molecule has 3 N–H and O–H groups in total. The fourth-order valence-corrected chi connectivity index (χ4v) is 1.54. The number of rotatable bonds is 3. The first-order valence-corrected chi connectivity index (χ1v) is 4.84. The summed E-state index contributed by atoms with van der Waals surface area (Å²) < 4.78 is 3.95. The number of nitrogens with zero attached hydrogens (tertiary/aromatic N) is 3. The fourth-order valence-electron chi connectivity index (χ4n) is 0.978. The van der Waals surface area contributed by atoms with E-state index in [0.717, 1.165) is 10.7 Å². The van der Waals surface area contributed by atoms with Crippen molar-refractivity contribution in [2.24, 2.45) is 0 Å². The van der Waals surface area contributed by atoms with Gasteiger partial charge in [-0.3, -0.25) is 0 Å². The highest BCUT2D eigenvalue weighted by Crippen LogP contribution is 2.17. The van der Waals surface area contributed by atoms with Gasteiger partial charge in [-0.2, -0.15) is 14.6 Å². The van der Waals surface area contributed by atoms with E-state index in [4.69, 9.17) is 5.73 Å². The van der Waals surface area contributed by atoms with E-state index < -0.39 is 0 Å². The van der Waals surface area contributed by atoms with E-state index >= 15 is 0 Å². The largest absolute Gasteiger partial charge is 0.383 e. The standard InChI is InChI=1S/C8H9N5S/c9-7-4-8(14-13-7)10-5-6-2-1-3-11-12-6/h1-4,10H,5H2,(H2,9,13). The Bertz CT molecular complexity index is 399. The predicted molar refractivity (Wildman–Crippen MR) is 55.9 cm³/mol. The summed E-state index contributed by atoms with van der Waals surface area (Å²) >= 11 is 1.33. The topological polar surface area (TPSA) is 76.7 Å². The van der Waals surface area contributed by atoms with E-state index in [1.165, 1.54) is 11.5 Å². The van der Waals surface area contributed by atoms with Crippen molar-refractivity contribution in [3.63, 3.8) is 0 Å². The van der Waals surface area contributed by atoms with Crippen molar-refractivity contribution in [3.05, 3.63) is 30.1 Å². The molecule has 0 amide bonds. The zero-order valence-electron chi connectivity index (χ0n) is 7.34. The summed E-state index contributed by atoms with van der Waals surface area (Å²) in [6.07, 6.45) is 1.65. The van der Waals surface area contributed by atoms with Crippen molar-refractivity contribution in [2.75, 3.05) is 11.1 Å². The number of nitrogens with two attached hydrogens (primary N) is 1. The lowest BCUT2D eigenvalue weighted by Crippen LogP contribution is -2.00. The monoisotopic (exact) mass is 207 g/mol. The minimum atomic E-state index is 0.539. The predicted octanol–water partition coefficient (Wildman–Crippen LogP) is 1.13. The molecule has 0 radical (unpaired) electrons. The highest BCUT2D eigenvalue weighted by molar-refractivity contribution is 7.10. The van der Waals surface area contributed by atoms with Crippen LogP contribution in [0.3, 0.4) is 0 Å². The highest BCUT2D eigenvalue weighted by atomic mass is 32.1. The summed E-state index contributed by atoms with van der Waals surface area (Å²) in [5.74, 6) is 0.539. The average molecular weight is 207 g/mol. The van der Waals surface area contributed by atoms with Crippen molar-refractivity contribution in [1.82, 2.24) is 14.6 Å². The molecule has 2 aromatic heterocycles. The first-order chi connectivity index (χ1) is 6.84. The van der Waals surface area contributed by atoms with Gasteiger partial charge < -0.3 is 11.1 Å². The third-order valence-electron chi connectivity index (χ3n) is 1.60. The Morgan fingerprint density at radius 3 is 3.07 bits per heavy atom. The Kier molecular flexibility index (Phi) is 2.55. The van der Waals surface area contributed by atoms with Crippen molar-refractivity contribution in [1.29, 1.82) is 0 Å². The number of aromatic nitrogens is 3. The van der Waals surface area contributed by atoms with Crippen LogP contribution in [0.25, 0.3) is 0 Å². The summed E-state index contributed by atoms with van der Waals surface area (Å²) in [5, 5.41) is 11.8. The normalized spacial score (nSPS) is 10.0. The lowest BCUT2D eigenvalue weighted by molar-refractivity contribution is 0.927. The molecule has 0 aliphatic carbocycles. The van der Waals surface area contributed by atoms with E-state index in [9.17, 15) is 0 Å². The number of nitrogen functional groups attached to an aromatic ring is 1. The van der Waals surface area contributed by atoms with E-state index in [-0.39, 0.29) is 0 Å². The number of hydrogen-bond acceptors (Lipinski definition) is 6. The maximum atomic E-state index is 5.48. The molecule has 2 aromatic rings. The molecule has 14 heavy (non-hydrogen) atoms. The van der Waals surface area contributed by atoms with Crippen LogP contribution in [0.2, 0.25) is 0 Å². The first kappa shape index (κ1) is 8.89. The summed E-state index contributed by atoms with van der Waals surface area (Å²) in [6.45, 7) is 0.634. The highest BCUT2D eigenvalue weighted by Gasteiger charge is 1.98. The Labute approximate surface area is 85.2 Å². The van der Waals surface area contributed by atoms with Gasteiger partial charge in [0, 0.05) is 12.3 Å². The minimum Gasteiger partial charge on any atom is -0.383 e. The summed E-state index contributed by atoms with van der Waals surface area (Å²) in [4.78, 5) is 0. The van der Waals surface area contributed by atoms with Crippen LogP contribution in [0, 0.1) is 0 Å². The zero-order valence-corrected chi connectivity index (χ0v) is 8.16. The first-order valence-electron chi connectivity index (χ1n) is 4.07. The quantitative estimate of drug-likeness (QED) is 0.788. The molecule has 72 valence electrons. The average Bonchev–Trinajstić information content (AvgIpc) is 2.63. The molecule has 5 nitrogen and oxygen atoms in total. The second kappa shape index (κ2) is 4.01. The van der Waals surface area contributed by atoms with Crippen molar-refractivity contribution in [3.8, 4) is 0 Å². The molecule has 0 bridgehead atoms. The van der Waals surface area contributed by atoms with Gasteiger partial charge in [0.15, 0.2) is 0 Å². The van der Waals surface area contributed by atoms with Gasteiger partial charge in [-0.05, 0) is 23.7 Å². The maximum Gasteiger partial charge on any atom is 0.139 e. The van der Waals surface area contributed by atoms with Crippen LogP contribution in [-0.2, 0) is 6.54 Å². The molecule has 0 fully saturated rings. The molecule has 0 unspecified atom stereocenters. The van der Waals surface area contributed by atoms with Crippen molar-refractivity contribution >= 4 is 22.4 Å². The van der Waals surface area contributed by atoms with Crippen LogP contribution in [0.1, 0.15) is 5.69 Å². The van der Waals surface area contributed by atoms with E-state index in [0.29, 0.717) is 12.4 Å². The molecule has 0 aliphatic heterocycles. The summed E-state index contributed by atoms with van der Waals surface area (Å²) in [5.41, 5.74) is 6.37. The van der Waals surface area contributed by atoms with Crippen LogP contribution in [-0.4, -0.2) is 14.6 Å². The molecule has 2 heterocycles. The molecular formula is C8H9N5S. The van der Waals surface area contributed by atoms with E-state index in [1.807, 2.05) is 12.1 Å². The van der Waals surface area contributed by atoms with Crippen molar-refractivity contribution < 1.29 is 0 Å². The molecule has 0 aliphatic rings. The molecule has 0 saturated heterocycles. The van der Waals surface area contributed by atoms with E-state index in [2.05, 4.69) is 19.9 Å². The molecule has 0 atom stereocenters. The van der Waals surface area contributed by atoms with Gasteiger partial charge in [-0.1, -0.05) is 0 Å². The van der Waals surface area contributed by atoms with Crippen molar-refractivity contribution in [2.45, 2.75) is 6.54 Å². The van der Waals surface area contributed by atoms with Gasteiger partial charge in [0.1, 0.15) is 10.8 Å². The molecule has 2 rings (SSSR count). The third-order valence-corrected chi connectivity index (χ3v) is 2.36. The van der Waals surface area contributed by atoms with Crippen LogP contribution < -0.4 is 11.1 Å². The Morgan fingerprint density at radius 2 is 2.43 bits per heavy atom. The fraction of sp³-hybridized carbons (Fsp3) is 0.125. The van der Waals surface area contributed by atoms with Crippen LogP contribution in [0.15, 0.2) is 24.4 Å². The van der Waals surface area contributed by atoms with Gasteiger partial charge in [0.2, 0.25) is 0 Å². The molecule has 0 saturated carbocycles. The summed E-state index contributed by atoms with van der Waals surface area (Å²) in [6, 6.07) is 5.55. The van der Waals surface area contributed by atoms with Gasteiger partial charge in [0.05, 0.1) is 12.2 Å². The minimum absolute atomic E-state index is 0.539. The van der Waals surface area contributed by atoms with Crippen LogP contribution in [0.5, 0.6) is 0 Å². The number of anilines is 2. The number of nitrogens with one attached hydrogen (secondary N) is 1. The second-order valence-corrected chi connectivity index (χ2v) is 3.49. The van der Waals surface area contributed by atoms with Crippen LogP contribution >= 0.6 is 11.5 Å². The molecule has 0 aromatic carbocycles. The molecule has 6 heteroatoms. The number of hydrogen-bond donors (Lipinski definition) is 2. The molecule has 0 spiro atoms. The Balaban J connectivity index is 1.95. The molecular weight excluding hydrogens is 198 g/mol. The Morgan fingerprint density at radius 1 is 1.50 bits per heavy atom. The Hall–Kier alpha value is -1.69. The summed E-state index contributed by atoms with van der Waals surface area (Å²) in [7, 11) is 0. The van der Waals surface area contributed by atoms with Gasteiger partial charge in [0.25, 0.3) is 0 Å². The lowest BCUT2D eigenvalue weighted by Gasteiger charge is -1.99. The second-order valence-electron chi connectivity index (χ2n) is 2.68. The van der Waals surface area contributed by atoms with Gasteiger partial charge in [-0.25, -0.2) is 0 Å². The van der Waals surface area contributed by atoms with Gasteiger partial charge in [-0.15, -0.1) is 0 Å².